The lowest BCUT2D eigenvalue weighted by atomic mass is 10.1. The van der Waals surface area contributed by atoms with Crippen LogP contribution in [0.3, 0.4) is 0 Å². The average Bonchev–Trinajstić information content (AvgIpc) is 3.52. The number of nitrogens with zero attached hydrogens (tertiary/aromatic N) is 4. The molecule has 0 aliphatic carbocycles. The van der Waals surface area contributed by atoms with Crippen LogP contribution < -0.4 is 4.90 Å². The third-order valence-electron chi connectivity index (χ3n) is 5.94. The SMILES string of the molecule is Cc1cc(S(=O)(=O)Cc2cscn2)c(F)cc1N(C)[C@H]1CCN(Cc2ccccn2)C1.O=C(O)C(F)(F)F. The Labute approximate surface area is 221 Å². The number of rotatable bonds is 7. The molecule has 0 amide bonds. The highest BCUT2D eigenvalue weighted by atomic mass is 32.2. The molecule has 0 spiro atoms. The van der Waals surface area contributed by atoms with Gasteiger partial charge in [-0.2, -0.15) is 13.2 Å². The molecule has 1 saturated heterocycles. The summed E-state index contributed by atoms with van der Waals surface area (Å²) >= 11 is 1.32. The van der Waals surface area contributed by atoms with E-state index in [1.165, 1.54) is 23.5 Å². The van der Waals surface area contributed by atoms with E-state index in [0.717, 1.165) is 43.0 Å². The van der Waals surface area contributed by atoms with Crippen LogP contribution in [-0.4, -0.2) is 66.7 Å². The van der Waals surface area contributed by atoms with Crippen LogP contribution in [0.25, 0.3) is 0 Å². The topological polar surface area (TPSA) is 104 Å². The van der Waals surface area contributed by atoms with Crippen molar-refractivity contribution in [2.45, 2.75) is 42.8 Å². The summed E-state index contributed by atoms with van der Waals surface area (Å²) in [6.45, 7) is 4.39. The van der Waals surface area contributed by atoms with Crippen molar-refractivity contribution in [3.63, 3.8) is 0 Å². The molecular formula is C24H26F4N4O4S2. The minimum absolute atomic E-state index is 0.222. The highest BCUT2D eigenvalue weighted by molar-refractivity contribution is 7.90. The fourth-order valence-electron chi connectivity index (χ4n) is 4.03. The number of pyridine rings is 1. The summed E-state index contributed by atoms with van der Waals surface area (Å²) < 4.78 is 72.1. The molecule has 1 aliphatic heterocycles. The maximum absolute atomic E-state index is 14.9. The van der Waals surface area contributed by atoms with E-state index in [2.05, 4.69) is 19.8 Å². The van der Waals surface area contributed by atoms with E-state index in [1.54, 1.807) is 17.1 Å². The minimum atomic E-state index is -5.08. The molecule has 2 aromatic heterocycles. The Morgan fingerprint density at radius 1 is 1.24 bits per heavy atom. The summed E-state index contributed by atoms with van der Waals surface area (Å²) in [7, 11) is -1.86. The lowest BCUT2D eigenvalue weighted by Gasteiger charge is -2.29. The predicted molar refractivity (Wildman–Crippen MR) is 134 cm³/mol. The number of likely N-dealkylation sites (N-methyl/N-ethyl adjacent to an activating group) is 1. The van der Waals surface area contributed by atoms with Crippen molar-refractivity contribution in [1.82, 2.24) is 14.9 Å². The van der Waals surface area contributed by atoms with Gasteiger partial charge in [-0.1, -0.05) is 6.07 Å². The van der Waals surface area contributed by atoms with E-state index < -0.39 is 27.8 Å². The smallest absolute Gasteiger partial charge is 0.475 e. The molecule has 0 radical (unpaired) electrons. The Bertz CT molecular complexity index is 1340. The summed E-state index contributed by atoms with van der Waals surface area (Å²) in [5, 5.41) is 8.79. The van der Waals surface area contributed by atoms with Crippen LogP contribution in [0, 0.1) is 12.7 Å². The number of alkyl halides is 3. The lowest BCUT2D eigenvalue weighted by Crippen LogP contribution is -2.35. The second-order valence-electron chi connectivity index (χ2n) is 8.72. The standard InChI is InChI=1S/C22H25FN4O2S2.C2HF3O2/c1-16-9-22(31(28,29)14-18-13-30-15-25-18)20(23)10-21(16)26(2)19-6-8-27(12-19)11-17-5-3-4-7-24-17;3-2(4,5)1(6)7/h3-5,7,9-10,13,15,19H,6,8,11-12,14H2,1-2H3;(H,6,7)/t19-;/m0./s1. The normalized spacial score (nSPS) is 16.1. The van der Waals surface area contributed by atoms with E-state index in [-0.39, 0.29) is 16.7 Å². The van der Waals surface area contributed by atoms with E-state index in [1.807, 2.05) is 32.2 Å². The van der Waals surface area contributed by atoms with Gasteiger partial charge in [-0.15, -0.1) is 11.3 Å². The van der Waals surface area contributed by atoms with Gasteiger partial charge in [-0.25, -0.2) is 22.6 Å². The molecule has 0 unspecified atom stereocenters. The zero-order valence-electron chi connectivity index (χ0n) is 20.5. The summed E-state index contributed by atoms with van der Waals surface area (Å²) in [6, 6.07) is 8.93. The maximum atomic E-state index is 14.9. The first-order valence-corrected chi connectivity index (χ1v) is 13.9. The minimum Gasteiger partial charge on any atom is -0.475 e. The predicted octanol–water partition coefficient (Wildman–Crippen LogP) is 4.30. The Balaban J connectivity index is 0.000000505. The van der Waals surface area contributed by atoms with Crippen LogP contribution in [-0.2, 0) is 26.9 Å². The van der Waals surface area contributed by atoms with Crippen molar-refractivity contribution in [3.8, 4) is 0 Å². The Morgan fingerprint density at radius 2 is 1.95 bits per heavy atom. The second kappa shape index (κ2) is 12.2. The van der Waals surface area contributed by atoms with Crippen LogP contribution in [0.1, 0.15) is 23.4 Å². The average molecular weight is 575 g/mol. The van der Waals surface area contributed by atoms with Crippen LogP contribution in [0.15, 0.2) is 52.3 Å². The monoisotopic (exact) mass is 574 g/mol. The van der Waals surface area contributed by atoms with Crippen molar-refractivity contribution in [3.05, 3.63) is 70.2 Å². The number of carboxylic acid groups (broad SMARTS) is 1. The van der Waals surface area contributed by atoms with Gasteiger partial charge in [0.05, 0.1) is 22.7 Å². The van der Waals surface area contributed by atoms with Crippen LogP contribution in [0.5, 0.6) is 0 Å². The van der Waals surface area contributed by atoms with Gasteiger partial charge in [0.25, 0.3) is 0 Å². The highest BCUT2D eigenvalue weighted by Crippen LogP contribution is 2.30. The molecule has 38 heavy (non-hydrogen) atoms. The Morgan fingerprint density at radius 3 is 2.53 bits per heavy atom. The number of likely N-dealkylation sites (tertiary alicyclic amines) is 1. The zero-order chi connectivity index (χ0) is 28.1. The third kappa shape index (κ3) is 7.71. The molecule has 0 bridgehead atoms. The molecule has 1 aromatic carbocycles. The van der Waals surface area contributed by atoms with Gasteiger partial charge in [0.2, 0.25) is 0 Å². The van der Waals surface area contributed by atoms with Crippen LogP contribution in [0.2, 0.25) is 0 Å². The summed E-state index contributed by atoms with van der Waals surface area (Å²) in [4.78, 5) is 21.4. The van der Waals surface area contributed by atoms with Crippen molar-refractivity contribution in [1.29, 1.82) is 0 Å². The van der Waals surface area contributed by atoms with E-state index in [0.29, 0.717) is 5.69 Å². The van der Waals surface area contributed by atoms with Crippen LogP contribution >= 0.6 is 11.3 Å². The Kier molecular flexibility index (Phi) is 9.44. The number of thiazole rings is 1. The zero-order valence-corrected chi connectivity index (χ0v) is 22.2. The van der Waals surface area contributed by atoms with E-state index in [9.17, 15) is 26.0 Å². The number of benzene rings is 1. The summed E-state index contributed by atoms with van der Waals surface area (Å²) in [6.07, 6.45) is -2.33. The number of hydrogen-bond donors (Lipinski definition) is 1. The number of carbonyl (C=O) groups is 1. The first-order valence-electron chi connectivity index (χ1n) is 11.3. The molecule has 3 heterocycles. The molecule has 206 valence electrons. The second-order valence-corrected chi connectivity index (χ2v) is 11.4. The van der Waals surface area contributed by atoms with Gasteiger partial charge in [-0.05, 0) is 43.2 Å². The van der Waals surface area contributed by atoms with Gasteiger partial charge in [-0.3, -0.25) is 9.88 Å². The first kappa shape index (κ1) is 29.5. The summed E-state index contributed by atoms with van der Waals surface area (Å²) in [5.41, 5.74) is 4.49. The molecule has 4 rings (SSSR count). The molecule has 1 N–H and O–H groups in total. The lowest BCUT2D eigenvalue weighted by molar-refractivity contribution is -0.192. The molecule has 1 atom stereocenters. The number of sulfone groups is 1. The summed E-state index contributed by atoms with van der Waals surface area (Å²) in [5.74, 6) is -3.77. The van der Waals surface area contributed by atoms with E-state index in [4.69, 9.17) is 9.90 Å². The van der Waals surface area contributed by atoms with Gasteiger partial charge >= 0.3 is 12.1 Å². The van der Waals surface area contributed by atoms with Crippen molar-refractivity contribution in [2.24, 2.45) is 0 Å². The molecular weight excluding hydrogens is 548 g/mol. The van der Waals surface area contributed by atoms with Gasteiger partial charge in [0.1, 0.15) is 10.7 Å². The number of anilines is 1. The van der Waals surface area contributed by atoms with Crippen molar-refractivity contribution >= 4 is 32.8 Å². The van der Waals surface area contributed by atoms with Crippen LogP contribution in [0.4, 0.5) is 23.2 Å². The Hall–Kier alpha value is -3.10. The number of halogens is 4. The molecule has 1 aliphatic rings. The van der Waals surface area contributed by atoms with Crippen molar-refractivity contribution in [2.75, 3.05) is 25.0 Å². The molecule has 14 heteroatoms. The number of aromatic nitrogens is 2. The molecule has 0 saturated carbocycles. The number of hydrogen-bond acceptors (Lipinski definition) is 8. The largest absolute Gasteiger partial charge is 0.490 e. The highest BCUT2D eigenvalue weighted by Gasteiger charge is 2.38. The fourth-order valence-corrected chi connectivity index (χ4v) is 6.11. The third-order valence-corrected chi connectivity index (χ3v) is 8.23. The number of aryl methyl sites for hydroxylation is 1. The van der Waals surface area contributed by atoms with Gasteiger partial charge < -0.3 is 10.0 Å². The molecule has 8 nitrogen and oxygen atoms in total. The van der Waals surface area contributed by atoms with Gasteiger partial charge in [0, 0.05) is 50.0 Å². The quantitative estimate of drug-likeness (QED) is 0.417. The number of carboxylic acids is 1. The van der Waals surface area contributed by atoms with Gasteiger partial charge in [0.15, 0.2) is 9.84 Å². The maximum Gasteiger partial charge on any atom is 0.490 e. The number of aliphatic carboxylic acids is 1. The fraction of sp³-hybridized carbons (Fsp3) is 0.375. The first-order chi connectivity index (χ1) is 17.8. The molecule has 3 aromatic rings. The molecule has 1 fully saturated rings. The van der Waals surface area contributed by atoms with Crippen molar-refractivity contribution < 1.29 is 35.9 Å². The van der Waals surface area contributed by atoms with E-state index >= 15 is 0 Å².